The molecule has 0 rings (SSSR count). The monoisotopic (exact) mass is 155 g/mol. The van der Waals surface area contributed by atoms with Gasteiger partial charge in [-0.2, -0.15) is 0 Å². The van der Waals surface area contributed by atoms with Crippen LogP contribution in [0.3, 0.4) is 0 Å². The zero-order valence-corrected chi connectivity index (χ0v) is 7.18. The van der Waals surface area contributed by atoms with Crippen LogP contribution < -0.4 is 0 Å². The lowest BCUT2D eigenvalue weighted by molar-refractivity contribution is -0.116. The quantitative estimate of drug-likeness (QED) is 0.569. The van der Waals surface area contributed by atoms with Gasteiger partial charge in [0.25, 0.3) is 0 Å². The summed E-state index contributed by atoms with van der Waals surface area (Å²) in [4.78, 5) is 25.0. The van der Waals surface area contributed by atoms with Gasteiger partial charge in [0.05, 0.1) is 5.71 Å². The number of Topliss-reactive ketones (excluding diaryl/α,β-unsaturated/α-hetero) is 2. The summed E-state index contributed by atoms with van der Waals surface area (Å²) < 4.78 is 0. The number of rotatable bonds is 4. The molecule has 11 heavy (non-hydrogen) atoms. The van der Waals surface area contributed by atoms with Gasteiger partial charge in [0.2, 0.25) is 0 Å². The van der Waals surface area contributed by atoms with Gasteiger partial charge < -0.3 is 4.79 Å². The molecule has 0 bridgehead atoms. The first-order valence-electron chi connectivity index (χ1n) is 3.54. The lowest BCUT2D eigenvalue weighted by atomic mass is 10.1. The van der Waals surface area contributed by atoms with E-state index in [9.17, 15) is 9.59 Å². The lowest BCUT2D eigenvalue weighted by Gasteiger charge is -1.97. The van der Waals surface area contributed by atoms with Gasteiger partial charge in [-0.15, -0.1) is 0 Å². The van der Waals surface area contributed by atoms with Crippen LogP contribution in [0.5, 0.6) is 0 Å². The van der Waals surface area contributed by atoms with Crippen LogP contribution in [0.2, 0.25) is 0 Å². The van der Waals surface area contributed by atoms with Gasteiger partial charge in [-0.25, -0.2) is 0 Å². The zero-order valence-electron chi connectivity index (χ0n) is 7.18. The lowest BCUT2D eigenvalue weighted by Crippen LogP contribution is -2.11. The molecule has 0 N–H and O–H groups in total. The van der Waals surface area contributed by atoms with Crippen LogP contribution in [-0.2, 0) is 9.59 Å². The highest BCUT2D eigenvalue weighted by Crippen LogP contribution is 1.95. The Morgan fingerprint density at radius 2 is 1.73 bits per heavy atom. The second-order valence-corrected chi connectivity index (χ2v) is 2.43. The maximum Gasteiger partial charge on any atom is 0.173 e. The molecule has 0 heterocycles. The zero-order chi connectivity index (χ0) is 8.85. The van der Waals surface area contributed by atoms with Crippen molar-refractivity contribution >= 4 is 17.3 Å². The predicted octanol–water partition coefficient (Wildman–Crippen LogP) is 1.02. The van der Waals surface area contributed by atoms with Gasteiger partial charge in [0.1, 0.15) is 5.78 Å². The molecular formula is C8H13NO2. The van der Waals surface area contributed by atoms with Gasteiger partial charge in [0, 0.05) is 20.4 Å². The fraction of sp³-hybridized carbons (Fsp3) is 0.625. The Balaban J connectivity index is 3.92. The minimum atomic E-state index is -0.0475. The summed E-state index contributed by atoms with van der Waals surface area (Å²) in [5.41, 5.74) is 0.500. The van der Waals surface area contributed by atoms with Crippen molar-refractivity contribution in [1.29, 1.82) is 0 Å². The summed E-state index contributed by atoms with van der Waals surface area (Å²) >= 11 is 0. The standard InChI is InChI=1S/C8H13NO2/c1-6(10)4-5-8(9-3)7(2)11/h4-5H2,1-3H3/b9-8+. The van der Waals surface area contributed by atoms with Crippen LogP contribution in [0.15, 0.2) is 4.99 Å². The molecule has 0 amide bonds. The van der Waals surface area contributed by atoms with Crippen molar-refractivity contribution in [3.05, 3.63) is 0 Å². The first kappa shape index (κ1) is 10.0. The fourth-order valence-electron chi connectivity index (χ4n) is 0.740. The third kappa shape index (κ3) is 4.42. The minimum Gasteiger partial charge on any atom is -0.300 e. The summed E-state index contributed by atoms with van der Waals surface area (Å²) in [6, 6.07) is 0. The molecule has 0 unspecified atom stereocenters. The average Bonchev–Trinajstić information content (AvgIpc) is 1.87. The molecule has 3 nitrogen and oxygen atoms in total. The molecule has 0 saturated carbocycles. The number of nitrogens with zero attached hydrogens (tertiary/aromatic N) is 1. The van der Waals surface area contributed by atoms with E-state index < -0.39 is 0 Å². The maximum atomic E-state index is 10.7. The SMILES string of the molecule is C/N=C(\CCC(C)=O)C(C)=O. The first-order chi connectivity index (χ1) is 5.07. The van der Waals surface area contributed by atoms with E-state index in [1.54, 1.807) is 7.05 Å². The third-order valence-corrected chi connectivity index (χ3v) is 1.39. The van der Waals surface area contributed by atoms with Crippen molar-refractivity contribution in [1.82, 2.24) is 0 Å². The van der Waals surface area contributed by atoms with Crippen molar-refractivity contribution in [3.63, 3.8) is 0 Å². The van der Waals surface area contributed by atoms with E-state index in [0.29, 0.717) is 18.6 Å². The highest BCUT2D eigenvalue weighted by molar-refractivity contribution is 6.39. The number of ketones is 2. The Kier molecular flexibility index (Phi) is 4.34. The largest absolute Gasteiger partial charge is 0.300 e. The van der Waals surface area contributed by atoms with E-state index in [2.05, 4.69) is 4.99 Å². The van der Waals surface area contributed by atoms with Crippen LogP contribution in [-0.4, -0.2) is 24.3 Å². The van der Waals surface area contributed by atoms with Gasteiger partial charge in [-0.1, -0.05) is 0 Å². The molecule has 0 atom stereocenters. The second-order valence-electron chi connectivity index (χ2n) is 2.43. The molecular weight excluding hydrogens is 142 g/mol. The van der Waals surface area contributed by atoms with Crippen molar-refractivity contribution in [2.75, 3.05) is 7.05 Å². The van der Waals surface area contributed by atoms with E-state index in [-0.39, 0.29) is 11.6 Å². The molecule has 0 aliphatic rings. The number of hydrogen-bond acceptors (Lipinski definition) is 3. The molecule has 0 aromatic carbocycles. The smallest absolute Gasteiger partial charge is 0.173 e. The Bertz CT molecular complexity index is 194. The van der Waals surface area contributed by atoms with Crippen molar-refractivity contribution in [3.8, 4) is 0 Å². The Morgan fingerprint density at radius 1 is 1.18 bits per heavy atom. The molecule has 0 radical (unpaired) electrons. The normalized spacial score (nSPS) is 11.4. The maximum absolute atomic E-state index is 10.7. The van der Waals surface area contributed by atoms with Crippen LogP contribution in [0.1, 0.15) is 26.7 Å². The summed E-state index contributed by atoms with van der Waals surface area (Å²) in [7, 11) is 1.57. The Morgan fingerprint density at radius 3 is 2.00 bits per heavy atom. The topological polar surface area (TPSA) is 46.5 Å². The van der Waals surface area contributed by atoms with E-state index in [4.69, 9.17) is 0 Å². The minimum absolute atomic E-state index is 0.0475. The van der Waals surface area contributed by atoms with E-state index in [1.807, 2.05) is 0 Å². The van der Waals surface area contributed by atoms with Gasteiger partial charge in [0.15, 0.2) is 5.78 Å². The third-order valence-electron chi connectivity index (χ3n) is 1.39. The number of carbonyl (C=O) groups is 2. The summed E-state index contributed by atoms with van der Waals surface area (Å²) in [5.74, 6) is 0.0427. The molecule has 3 heteroatoms. The van der Waals surface area contributed by atoms with E-state index in [0.717, 1.165) is 0 Å². The Hall–Kier alpha value is -0.990. The van der Waals surface area contributed by atoms with E-state index in [1.165, 1.54) is 13.8 Å². The highest BCUT2D eigenvalue weighted by atomic mass is 16.1. The van der Waals surface area contributed by atoms with Gasteiger partial charge in [-0.05, 0) is 13.3 Å². The number of aliphatic imine (C=N–C) groups is 1. The molecule has 0 saturated heterocycles. The molecule has 0 aromatic heterocycles. The Labute approximate surface area is 66.5 Å². The molecule has 0 aliphatic carbocycles. The molecule has 62 valence electrons. The molecule has 0 fully saturated rings. The molecule has 0 spiro atoms. The molecule has 0 aromatic rings. The number of carbonyl (C=O) groups excluding carboxylic acids is 2. The highest BCUT2D eigenvalue weighted by Gasteiger charge is 2.05. The van der Waals surface area contributed by atoms with Crippen molar-refractivity contribution < 1.29 is 9.59 Å². The first-order valence-corrected chi connectivity index (χ1v) is 3.54. The summed E-state index contributed by atoms with van der Waals surface area (Å²) in [6.45, 7) is 2.97. The second kappa shape index (κ2) is 4.77. The van der Waals surface area contributed by atoms with Crippen LogP contribution in [0.25, 0.3) is 0 Å². The van der Waals surface area contributed by atoms with Gasteiger partial charge >= 0.3 is 0 Å². The fourth-order valence-corrected chi connectivity index (χ4v) is 0.740. The van der Waals surface area contributed by atoms with Crippen LogP contribution >= 0.6 is 0 Å². The average molecular weight is 155 g/mol. The van der Waals surface area contributed by atoms with Crippen molar-refractivity contribution in [2.45, 2.75) is 26.7 Å². The van der Waals surface area contributed by atoms with Crippen molar-refractivity contribution in [2.24, 2.45) is 4.99 Å². The molecule has 0 aliphatic heterocycles. The number of hydrogen-bond donors (Lipinski definition) is 0. The van der Waals surface area contributed by atoms with Gasteiger partial charge in [-0.3, -0.25) is 9.79 Å². The van der Waals surface area contributed by atoms with Crippen LogP contribution in [0.4, 0.5) is 0 Å². The predicted molar refractivity (Wildman–Crippen MR) is 44.0 cm³/mol. The summed E-state index contributed by atoms with van der Waals surface area (Å²) in [6.07, 6.45) is 0.882. The summed E-state index contributed by atoms with van der Waals surface area (Å²) in [5, 5.41) is 0. The van der Waals surface area contributed by atoms with Crippen LogP contribution in [0, 0.1) is 0 Å². The van der Waals surface area contributed by atoms with E-state index >= 15 is 0 Å².